The van der Waals surface area contributed by atoms with Crippen LogP contribution in [0, 0.1) is 0 Å². The molecule has 0 aliphatic heterocycles. The molecule has 5 heteroatoms. The molecule has 0 spiro atoms. The van der Waals surface area contributed by atoms with Crippen LogP contribution < -0.4 is 10.5 Å². The highest BCUT2D eigenvalue weighted by Crippen LogP contribution is 2.17. The molecule has 24 heavy (non-hydrogen) atoms. The van der Waals surface area contributed by atoms with Gasteiger partial charge < -0.3 is 15.4 Å². The van der Waals surface area contributed by atoms with Crippen molar-refractivity contribution in [3.63, 3.8) is 0 Å². The number of benzene rings is 2. The van der Waals surface area contributed by atoms with Gasteiger partial charge in [-0.1, -0.05) is 30.3 Å². The van der Waals surface area contributed by atoms with Gasteiger partial charge in [-0.05, 0) is 36.2 Å². The van der Waals surface area contributed by atoms with E-state index in [1.54, 1.807) is 43.3 Å². The highest BCUT2D eigenvalue weighted by Gasteiger charge is 2.23. The van der Waals surface area contributed by atoms with Crippen LogP contribution in [0.4, 0.5) is 0 Å². The Labute approximate surface area is 142 Å². The van der Waals surface area contributed by atoms with Crippen LogP contribution in [0.15, 0.2) is 54.6 Å². The van der Waals surface area contributed by atoms with Crippen molar-refractivity contribution in [2.24, 2.45) is 5.73 Å². The van der Waals surface area contributed by atoms with Gasteiger partial charge in [-0.25, -0.2) is 0 Å². The fraction of sp³-hybridized carbons (Fsp3) is 0.263. The van der Waals surface area contributed by atoms with Gasteiger partial charge in [-0.15, -0.1) is 0 Å². The molecule has 2 aromatic carbocycles. The monoisotopic (exact) mass is 326 g/mol. The lowest BCUT2D eigenvalue weighted by Gasteiger charge is -2.28. The van der Waals surface area contributed by atoms with Gasteiger partial charge in [0.1, 0.15) is 5.75 Å². The van der Waals surface area contributed by atoms with E-state index in [9.17, 15) is 9.59 Å². The van der Waals surface area contributed by atoms with Gasteiger partial charge in [0.25, 0.3) is 5.91 Å². The van der Waals surface area contributed by atoms with Gasteiger partial charge in [0, 0.05) is 25.1 Å². The fourth-order valence-corrected chi connectivity index (χ4v) is 2.57. The molecule has 2 rings (SSSR count). The average Bonchev–Trinajstić information content (AvgIpc) is 2.60. The predicted octanol–water partition coefficient (Wildman–Crippen LogP) is 2.25. The Balaban J connectivity index is 2.17. The summed E-state index contributed by atoms with van der Waals surface area (Å²) < 4.78 is 5.10. The molecule has 0 aliphatic rings. The average molecular weight is 326 g/mol. The zero-order valence-electron chi connectivity index (χ0n) is 13.9. The molecule has 0 bridgehead atoms. The Morgan fingerprint density at radius 3 is 2.25 bits per heavy atom. The van der Waals surface area contributed by atoms with Crippen LogP contribution in [0.5, 0.6) is 5.75 Å². The van der Waals surface area contributed by atoms with E-state index in [0.29, 0.717) is 17.7 Å². The summed E-state index contributed by atoms with van der Waals surface area (Å²) >= 11 is 0. The summed E-state index contributed by atoms with van der Waals surface area (Å²) in [7, 11) is 3.27. The minimum atomic E-state index is -0.426. The van der Waals surface area contributed by atoms with Crippen LogP contribution in [0.25, 0.3) is 0 Å². The molecule has 126 valence electrons. The van der Waals surface area contributed by atoms with Crippen LogP contribution >= 0.6 is 0 Å². The second-order valence-corrected chi connectivity index (χ2v) is 5.66. The van der Waals surface area contributed by atoms with Crippen molar-refractivity contribution in [2.75, 3.05) is 14.2 Å². The van der Waals surface area contributed by atoms with Crippen molar-refractivity contribution in [3.8, 4) is 5.75 Å². The van der Waals surface area contributed by atoms with Crippen LogP contribution in [-0.2, 0) is 11.2 Å². The van der Waals surface area contributed by atoms with Crippen molar-refractivity contribution in [1.29, 1.82) is 0 Å². The number of primary amides is 1. The van der Waals surface area contributed by atoms with E-state index in [4.69, 9.17) is 10.5 Å². The van der Waals surface area contributed by atoms with Crippen LogP contribution in [-0.4, -0.2) is 36.9 Å². The number of carbonyl (C=O) groups excluding carboxylic acids is 2. The molecule has 0 aromatic heterocycles. The summed E-state index contributed by atoms with van der Waals surface area (Å²) in [5.74, 6) is 0.109. The van der Waals surface area contributed by atoms with E-state index in [2.05, 4.69) is 0 Å². The second-order valence-electron chi connectivity index (χ2n) is 5.66. The number of likely N-dealkylation sites (N-methyl/N-ethyl adjacent to an activating group) is 1. The van der Waals surface area contributed by atoms with E-state index in [-0.39, 0.29) is 18.4 Å². The highest BCUT2D eigenvalue weighted by molar-refractivity contribution is 5.94. The molecule has 2 aromatic rings. The Bertz CT molecular complexity index is 684. The molecule has 2 N–H and O–H groups in total. The number of carbonyl (C=O) groups is 2. The summed E-state index contributed by atoms with van der Waals surface area (Å²) in [4.78, 5) is 25.7. The molecule has 0 heterocycles. The summed E-state index contributed by atoms with van der Waals surface area (Å²) in [6.07, 6.45) is 0.690. The van der Waals surface area contributed by atoms with Gasteiger partial charge in [-0.3, -0.25) is 9.59 Å². The largest absolute Gasteiger partial charge is 0.497 e. The minimum absolute atomic E-state index is 0.118. The molecule has 0 unspecified atom stereocenters. The smallest absolute Gasteiger partial charge is 0.253 e. The quantitative estimate of drug-likeness (QED) is 0.848. The molecule has 0 aliphatic carbocycles. The van der Waals surface area contributed by atoms with Crippen LogP contribution in [0.1, 0.15) is 22.3 Å². The number of rotatable bonds is 7. The maximum atomic E-state index is 12.7. The molecule has 0 saturated heterocycles. The zero-order valence-corrected chi connectivity index (χ0v) is 13.9. The summed E-state index contributed by atoms with van der Waals surface area (Å²) in [6, 6.07) is 16.3. The maximum Gasteiger partial charge on any atom is 0.253 e. The van der Waals surface area contributed by atoms with Gasteiger partial charge in [0.15, 0.2) is 0 Å². The molecular formula is C19H22N2O3. The molecule has 1 atom stereocenters. The summed E-state index contributed by atoms with van der Waals surface area (Å²) in [5.41, 5.74) is 6.96. The number of hydrogen-bond donors (Lipinski definition) is 1. The van der Waals surface area contributed by atoms with Crippen LogP contribution in [0.2, 0.25) is 0 Å². The highest BCUT2D eigenvalue weighted by atomic mass is 16.5. The summed E-state index contributed by atoms with van der Waals surface area (Å²) in [6.45, 7) is 0. The minimum Gasteiger partial charge on any atom is -0.497 e. The van der Waals surface area contributed by atoms with Crippen molar-refractivity contribution in [3.05, 3.63) is 65.7 Å². The standard InChI is InChI=1S/C19H22N2O3/c1-21(19(23)15-8-10-17(24-2)11-9-15)16(13-18(20)22)12-14-6-4-3-5-7-14/h3-11,16H,12-13H2,1-2H3,(H2,20,22)/t16-/m0/s1. The first-order valence-electron chi connectivity index (χ1n) is 7.74. The van der Waals surface area contributed by atoms with Crippen molar-refractivity contribution in [2.45, 2.75) is 18.9 Å². The second kappa shape index (κ2) is 8.15. The van der Waals surface area contributed by atoms with E-state index >= 15 is 0 Å². The molecule has 0 fully saturated rings. The lowest BCUT2D eigenvalue weighted by molar-refractivity contribution is -0.118. The lowest BCUT2D eigenvalue weighted by atomic mass is 10.0. The van der Waals surface area contributed by atoms with Gasteiger partial charge in [-0.2, -0.15) is 0 Å². The Kier molecular flexibility index (Phi) is 5.95. The lowest BCUT2D eigenvalue weighted by Crippen LogP contribution is -2.41. The van der Waals surface area contributed by atoms with Gasteiger partial charge in [0.2, 0.25) is 5.91 Å². The summed E-state index contributed by atoms with van der Waals surface area (Å²) in [5, 5.41) is 0. The molecule has 0 saturated carbocycles. The first-order valence-corrected chi connectivity index (χ1v) is 7.74. The number of ether oxygens (including phenoxy) is 1. The normalized spacial score (nSPS) is 11.6. The number of nitrogens with zero attached hydrogens (tertiary/aromatic N) is 1. The fourth-order valence-electron chi connectivity index (χ4n) is 2.57. The first kappa shape index (κ1) is 17.5. The van der Waals surface area contributed by atoms with Gasteiger partial charge >= 0.3 is 0 Å². The number of methoxy groups -OCH3 is 1. The maximum absolute atomic E-state index is 12.7. The first-order chi connectivity index (χ1) is 11.5. The van der Waals surface area contributed by atoms with Crippen LogP contribution in [0.3, 0.4) is 0 Å². The van der Waals surface area contributed by atoms with Crippen molar-refractivity contribution >= 4 is 11.8 Å². The third-order valence-corrected chi connectivity index (χ3v) is 3.96. The van der Waals surface area contributed by atoms with E-state index < -0.39 is 5.91 Å². The van der Waals surface area contributed by atoms with E-state index in [0.717, 1.165) is 5.56 Å². The third-order valence-electron chi connectivity index (χ3n) is 3.96. The predicted molar refractivity (Wildman–Crippen MR) is 92.8 cm³/mol. The molecule has 5 nitrogen and oxygen atoms in total. The Morgan fingerprint density at radius 1 is 1.08 bits per heavy atom. The van der Waals surface area contributed by atoms with Crippen molar-refractivity contribution < 1.29 is 14.3 Å². The third kappa shape index (κ3) is 4.59. The Hall–Kier alpha value is -2.82. The van der Waals surface area contributed by atoms with Crippen molar-refractivity contribution in [1.82, 2.24) is 4.90 Å². The molecule has 2 amide bonds. The topological polar surface area (TPSA) is 72.6 Å². The molecule has 0 radical (unpaired) electrons. The number of amides is 2. The SMILES string of the molecule is COc1ccc(C(=O)N(C)[C@H](CC(N)=O)Cc2ccccc2)cc1. The number of hydrogen-bond acceptors (Lipinski definition) is 3. The van der Waals surface area contributed by atoms with E-state index in [1.807, 2.05) is 30.3 Å². The molecular weight excluding hydrogens is 304 g/mol. The van der Waals surface area contributed by atoms with E-state index in [1.165, 1.54) is 0 Å². The zero-order chi connectivity index (χ0) is 17.5. The van der Waals surface area contributed by atoms with Gasteiger partial charge in [0.05, 0.1) is 7.11 Å². The number of nitrogens with two attached hydrogens (primary N) is 1. The Morgan fingerprint density at radius 2 is 1.71 bits per heavy atom.